The molecule has 2 N–H and O–H groups in total. The highest BCUT2D eigenvalue weighted by Gasteiger charge is 2.42. The van der Waals surface area contributed by atoms with E-state index in [1.807, 2.05) is 0 Å². The van der Waals surface area contributed by atoms with Crippen molar-refractivity contribution in [2.45, 2.75) is 25.8 Å². The SMILES string of the molecule is NCCC1(Cn2c(=O)oc3cccnc32)CC1. The average molecular weight is 233 g/mol. The fourth-order valence-corrected chi connectivity index (χ4v) is 2.35. The van der Waals surface area contributed by atoms with Crippen molar-refractivity contribution in [1.29, 1.82) is 0 Å². The lowest BCUT2D eigenvalue weighted by molar-refractivity contribution is 0.377. The summed E-state index contributed by atoms with van der Waals surface area (Å²) in [5.41, 5.74) is 7.01. The summed E-state index contributed by atoms with van der Waals surface area (Å²) in [6, 6.07) is 3.53. The van der Waals surface area contributed by atoms with Crippen LogP contribution in [0.5, 0.6) is 0 Å². The first-order chi connectivity index (χ1) is 8.24. The van der Waals surface area contributed by atoms with Crippen LogP contribution < -0.4 is 11.5 Å². The van der Waals surface area contributed by atoms with E-state index in [0.717, 1.165) is 19.3 Å². The number of hydrogen-bond acceptors (Lipinski definition) is 4. The number of fused-ring (bicyclic) bond motifs is 1. The Morgan fingerprint density at radius 2 is 2.35 bits per heavy atom. The molecule has 5 nitrogen and oxygen atoms in total. The minimum atomic E-state index is -0.318. The van der Waals surface area contributed by atoms with Crippen molar-refractivity contribution < 1.29 is 4.42 Å². The average Bonchev–Trinajstić information content (AvgIpc) is 3.00. The first-order valence-corrected chi connectivity index (χ1v) is 5.89. The summed E-state index contributed by atoms with van der Waals surface area (Å²) in [7, 11) is 0. The van der Waals surface area contributed by atoms with Crippen LogP contribution in [0.4, 0.5) is 0 Å². The fraction of sp³-hybridized carbons (Fsp3) is 0.500. The van der Waals surface area contributed by atoms with E-state index >= 15 is 0 Å². The number of oxazole rings is 1. The predicted molar refractivity (Wildman–Crippen MR) is 63.6 cm³/mol. The molecule has 2 heterocycles. The van der Waals surface area contributed by atoms with Crippen LogP contribution in [-0.2, 0) is 6.54 Å². The van der Waals surface area contributed by atoms with Gasteiger partial charge < -0.3 is 10.2 Å². The predicted octanol–water partition coefficient (Wildman–Crippen LogP) is 1.12. The lowest BCUT2D eigenvalue weighted by Crippen LogP contribution is -2.23. The normalized spacial score (nSPS) is 17.5. The van der Waals surface area contributed by atoms with Crippen LogP contribution in [-0.4, -0.2) is 16.1 Å². The third-order valence-electron chi connectivity index (χ3n) is 3.55. The molecule has 3 rings (SSSR count). The summed E-state index contributed by atoms with van der Waals surface area (Å²) in [6.07, 6.45) is 4.90. The van der Waals surface area contributed by atoms with Gasteiger partial charge in [-0.3, -0.25) is 4.57 Å². The molecule has 0 radical (unpaired) electrons. The molecular weight excluding hydrogens is 218 g/mol. The molecule has 5 heteroatoms. The Balaban J connectivity index is 2.00. The Morgan fingerprint density at radius 3 is 3.06 bits per heavy atom. The van der Waals surface area contributed by atoms with Gasteiger partial charge >= 0.3 is 5.76 Å². The molecule has 0 atom stereocenters. The van der Waals surface area contributed by atoms with Gasteiger partial charge in [0.25, 0.3) is 0 Å². The van der Waals surface area contributed by atoms with Gasteiger partial charge in [-0.25, -0.2) is 9.78 Å². The number of rotatable bonds is 4. The Bertz CT molecular complexity index is 595. The Kier molecular flexibility index (Phi) is 2.29. The number of pyridine rings is 1. The maximum Gasteiger partial charge on any atom is 0.421 e. The molecule has 0 amide bonds. The fourth-order valence-electron chi connectivity index (χ4n) is 2.35. The van der Waals surface area contributed by atoms with Crippen LogP contribution >= 0.6 is 0 Å². The van der Waals surface area contributed by atoms with E-state index in [1.54, 1.807) is 22.9 Å². The maximum atomic E-state index is 11.8. The van der Waals surface area contributed by atoms with Crippen LogP contribution in [0.15, 0.2) is 27.5 Å². The van der Waals surface area contributed by atoms with Crippen LogP contribution in [0.1, 0.15) is 19.3 Å². The van der Waals surface area contributed by atoms with Gasteiger partial charge in [0.05, 0.1) is 0 Å². The number of aromatic nitrogens is 2. The molecule has 1 saturated carbocycles. The lowest BCUT2D eigenvalue weighted by atomic mass is 10.0. The molecule has 0 aromatic carbocycles. The van der Waals surface area contributed by atoms with Crippen LogP contribution in [0.2, 0.25) is 0 Å². The molecule has 2 aromatic rings. The minimum Gasteiger partial charge on any atom is -0.406 e. The van der Waals surface area contributed by atoms with Crippen molar-refractivity contribution in [2.24, 2.45) is 11.1 Å². The van der Waals surface area contributed by atoms with Gasteiger partial charge in [-0.05, 0) is 43.4 Å². The Morgan fingerprint density at radius 1 is 1.53 bits per heavy atom. The standard InChI is InChI=1S/C12H15N3O2/c13-6-5-12(3-4-12)8-15-10-9(17-11(15)16)2-1-7-14-10/h1-2,7H,3-6,8,13H2. The van der Waals surface area contributed by atoms with E-state index in [9.17, 15) is 4.79 Å². The quantitative estimate of drug-likeness (QED) is 0.858. The van der Waals surface area contributed by atoms with Crippen molar-refractivity contribution in [2.75, 3.05) is 6.54 Å². The zero-order valence-electron chi connectivity index (χ0n) is 9.56. The van der Waals surface area contributed by atoms with Crippen LogP contribution in [0.3, 0.4) is 0 Å². The molecule has 1 fully saturated rings. The Labute approximate surface area is 98.2 Å². The number of hydrogen-bond donors (Lipinski definition) is 1. The second-order valence-electron chi connectivity index (χ2n) is 4.82. The zero-order chi connectivity index (χ0) is 11.9. The van der Waals surface area contributed by atoms with E-state index in [0.29, 0.717) is 24.3 Å². The second kappa shape index (κ2) is 3.70. The van der Waals surface area contributed by atoms with E-state index in [4.69, 9.17) is 10.2 Å². The molecular formula is C12H15N3O2. The van der Waals surface area contributed by atoms with E-state index in [-0.39, 0.29) is 11.2 Å². The first-order valence-electron chi connectivity index (χ1n) is 5.89. The molecule has 1 aliphatic rings. The zero-order valence-corrected chi connectivity index (χ0v) is 9.56. The summed E-state index contributed by atoms with van der Waals surface area (Å²) in [6.45, 7) is 1.34. The summed E-state index contributed by atoms with van der Waals surface area (Å²) in [5, 5.41) is 0. The summed E-state index contributed by atoms with van der Waals surface area (Å²) < 4.78 is 6.80. The van der Waals surface area contributed by atoms with Crippen LogP contribution in [0.25, 0.3) is 11.2 Å². The third kappa shape index (κ3) is 1.76. The van der Waals surface area contributed by atoms with Crippen molar-refractivity contribution in [3.8, 4) is 0 Å². The van der Waals surface area contributed by atoms with Gasteiger partial charge in [-0.1, -0.05) is 0 Å². The summed E-state index contributed by atoms with van der Waals surface area (Å²) in [5.74, 6) is -0.318. The third-order valence-corrected chi connectivity index (χ3v) is 3.55. The van der Waals surface area contributed by atoms with Crippen molar-refractivity contribution in [3.05, 3.63) is 28.9 Å². The van der Waals surface area contributed by atoms with E-state index < -0.39 is 0 Å². The molecule has 1 aliphatic carbocycles. The maximum absolute atomic E-state index is 11.8. The summed E-state index contributed by atoms with van der Waals surface area (Å²) >= 11 is 0. The Hall–Kier alpha value is -1.62. The topological polar surface area (TPSA) is 74.0 Å². The molecule has 0 spiro atoms. The largest absolute Gasteiger partial charge is 0.421 e. The van der Waals surface area contributed by atoms with E-state index in [2.05, 4.69) is 4.98 Å². The molecule has 17 heavy (non-hydrogen) atoms. The van der Waals surface area contributed by atoms with Gasteiger partial charge in [0.15, 0.2) is 11.2 Å². The summed E-state index contributed by atoms with van der Waals surface area (Å²) in [4.78, 5) is 16.0. The number of nitrogens with zero attached hydrogens (tertiary/aromatic N) is 2. The molecule has 0 unspecified atom stereocenters. The van der Waals surface area contributed by atoms with Gasteiger partial charge in [0.2, 0.25) is 0 Å². The minimum absolute atomic E-state index is 0.201. The lowest BCUT2D eigenvalue weighted by Gasteiger charge is -2.13. The van der Waals surface area contributed by atoms with Gasteiger partial charge in [-0.15, -0.1) is 0 Å². The highest BCUT2D eigenvalue weighted by molar-refractivity contribution is 5.67. The van der Waals surface area contributed by atoms with Gasteiger partial charge in [0, 0.05) is 12.7 Å². The van der Waals surface area contributed by atoms with Crippen molar-refractivity contribution in [3.63, 3.8) is 0 Å². The first kappa shape index (κ1) is 10.5. The second-order valence-corrected chi connectivity index (χ2v) is 4.82. The van der Waals surface area contributed by atoms with Crippen LogP contribution in [0, 0.1) is 5.41 Å². The molecule has 0 aliphatic heterocycles. The van der Waals surface area contributed by atoms with Crippen molar-refractivity contribution in [1.82, 2.24) is 9.55 Å². The monoisotopic (exact) mass is 233 g/mol. The number of nitrogens with two attached hydrogens (primary N) is 1. The van der Waals surface area contributed by atoms with Gasteiger partial charge in [0.1, 0.15) is 0 Å². The van der Waals surface area contributed by atoms with Gasteiger partial charge in [-0.2, -0.15) is 0 Å². The molecule has 90 valence electrons. The molecule has 0 bridgehead atoms. The molecule has 2 aromatic heterocycles. The smallest absolute Gasteiger partial charge is 0.406 e. The van der Waals surface area contributed by atoms with E-state index in [1.165, 1.54) is 0 Å². The molecule has 0 saturated heterocycles. The highest BCUT2D eigenvalue weighted by Crippen LogP contribution is 2.49. The highest BCUT2D eigenvalue weighted by atomic mass is 16.4. The van der Waals surface area contributed by atoms with Crippen molar-refractivity contribution >= 4 is 11.2 Å².